The number of fused-ring (bicyclic) bond motifs is 1. The molecule has 3 heterocycles. The van der Waals surface area contributed by atoms with Crippen LogP contribution in [0.15, 0.2) is 18.3 Å². The zero-order chi connectivity index (χ0) is 12.8. The zero-order valence-corrected chi connectivity index (χ0v) is 9.74. The van der Waals surface area contributed by atoms with Gasteiger partial charge in [-0.25, -0.2) is 4.98 Å². The first-order valence-electron chi connectivity index (χ1n) is 6.06. The SMILES string of the molecule is FC(F)(F)c1ccc(N2CC[C@@H]3CNC[C@@H]32)nc1. The van der Waals surface area contributed by atoms with Crippen LogP contribution in [0.2, 0.25) is 0 Å². The molecule has 0 amide bonds. The van der Waals surface area contributed by atoms with E-state index in [9.17, 15) is 13.2 Å². The molecule has 0 spiro atoms. The molecule has 1 aromatic heterocycles. The molecule has 2 saturated heterocycles. The topological polar surface area (TPSA) is 28.2 Å². The molecule has 2 aliphatic heterocycles. The molecule has 6 heteroatoms. The Morgan fingerprint density at radius 1 is 1.28 bits per heavy atom. The van der Waals surface area contributed by atoms with Gasteiger partial charge in [-0.05, 0) is 24.5 Å². The van der Waals surface area contributed by atoms with Crippen molar-refractivity contribution in [2.24, 2.45) is 5.92 Å². The summed E-state index contributed by atoms with van der Waals surface area (Å²) in [4.78, 5) is 6.08. The van der Waals surface area contributed by atoms with Crippen LogP contribution in [0.4, 0.5) is 19.0 Å². The van der Waals surface area contributed by atoms with Crippen LogP contribution in [0.25, 0.3) is 0 Å². The van der Waals surface area contributed by atoms with Gasteiger partial charge in [0.25, 0.3) is 0 Å². The van der Waals surface area contributed by atoms with E-state index in [1.54, 1.807) is 0 Å². The van der Waals surface area contributed by atoms with Gasteiger partial charge in [-0.15, -0.1) is 0 Å². The minimum absolute atomic E-state index is 0.384. The van der Waals surface area contributed by atoms with Gasteiger partial charge in [-0.2, -0.15) is 13.2 Å². The molecule has 0 radical (unpaired) electrons. The maximum absolute atomic E-state index is 12.4. The van der Waals surface area contributed by atoms with E-state index in [4.69, 9.17) is 0 Å². The van der Waals surface area contributed by atoms with Gasteiger partial charge in [0, 0.05) is 31.9 Å². The third kappa shape index (κ3) is 1.94. The highest BCUT2D eigenvalue weighted by Gasteiger charge is 2.38. The number of pyridine rings is 1. The van der Waals surface area contributed by atoms with Crippen molar-refractivity contribution >= 4 is 5.82 Å². The molecule has 2 aliphatic rings. The minimum atomic E-state index is -4.31. The first-order chi connectivity index (χ1) is 8.55. The number of anilines is 1. The number of alkyl halides is 3. The fourth-order valence-corrected chi connectivity index (χ4v) is 2.86. The predicted molar refractivity (Wildman–Crippen MR) is 61.3 cm³/mol. The van der Waals surface area contributed by atoms with Gasteiger partial charge < -0.3 is 10.2 Å². The molecule has 2 fully saturated rings. The molecule has 1 N–H and O–H groups in total. The summed E-state index contributed by atoms with van der Waals surface area (Å²) in [7, 11) is 0. The van der Waals surface area contributed by atoms with E-state index in [2.05, 4.69) is 15.2 Å². The molecule has 0 aliphatic carbocycles. The van der Waals surface area contributed by atoms with Crippen molar-refractivity contribution in [1.82, 2.24) is 10.3 Å². The normalized spacial score (nSPS) is 27.6. The Morgan fingerprint density at radius 3 is 2.78 bits per heavy atom. The molecule has 1 aromatic rings. The lowest BCUT2D eigenvalue weighted by Crippen LogP contribution is -2.34. The van der Waals surface area contributed by atoms with E-state index >= 15 is 0 Å². The maximum Gasteiger partial charge on any atom is 0.417 e. The second kappa shape index (κ2) is 4.12. The summed E-state index contributed by atoms with van der Waals surface area (Å²) in [5.41, 5.74) is -0.688. The number of nitrogens with zero attached hydrogens (tertiary/aromatic N) is 2. The van der Waals surface area contributed by atoms with Crippen LogP contribution >= 0.6 is 0 Å². The van der Waals surface area contributed by atoms with E-state index in [1.165, 1.54) is 6.07 Å². The van der Waals surface area contributed by atoms with Crippen LogP contribution < -0.4 is 10.2 Å². The van der Waals surface area contributed by atoms with Crippen LogP contribution in [-0.2, 0) is 6.18 Å². The highest BCUT2D eigenvalue weighted by molar-refractivity contribution is 5.43. The van der Waals surface area contributed by atoms with Crippen molar-refractivity contribution in [2.75, 3.05) is 24.5 Å². The van der Waals surface area contributed by atoms with Gasteiger partial charge in [0.2, 0.25) is 0 Å². The van der Waals surface area contributed by atoms with E-state index < -0.39 is 11.7 Å². The number of nitrogens with one attached hydrogen (secondary N) is 1. The van der Waals surface area contributed by atoms with Crippen molar-refractivity contribution < 1.29 is 13.2 Å². The van der Waals surface area contributed by atoms with Crippen molar-refractivity contribution in [3.05, 3.63) is 23.9 Å². The second-order valence-corrected chi connectivity index (χ2v) is 4.87. The summed E-state index contributed by atoms with van der Waals surface area (Å²) in [5.74, 6) is 1.26. The summed E-state index contributed by atoms with van der Waals surface area (Å²) in [6.45, 7) is 2.78. The zero-order valence-electron chi connectivity index (χ0n) is 9.74. The van der Waals surface area contributed by atoms with Gasteiger partial charge in [-0.1, -0.05) is 0 Å². The highest BCUT2D eigenvalue weighted by atomic mass is 19.4. The summed E-state index contributed by atoms with van der Waals surface area (Å²) in [6.07, 6.45) is -2.31. The molecule has 0 saturated carbocycles. The van der Waals surface area contributed by atoms with Gasteiger partial charge in [0.1, 0.15) is 5.82 Å². The summed E-state index contributed by atoms with van der Waals surface area (Å²) >= 11 is 0. The van der Waals surface area contributed by atoms with Crippen LogP contribution in [-0.4, -0.2) is 30.7 Å². The third-order valence-corrected chi connectivity index (χ3v) is 3.81. The summed E-state index contributed by atoms with van der Waals surface area (Å²) in [6, 6.07) is 2.97. The van der Waals surface area contributed by atoms with Crippen molar-refractivity contribution in [1.29, 1.82) is 0 Å². The van der Waals surface area contributed by atoms with Crippen molar-refractivity contribution in [2.45, 2.75) is 18.6 Å². The fourth-order valence-electron chi connectivity index (χ4n) is 2.86. The van der Waals surface area contributed by atoms with Gasteiger partial charge in [-0.3, -0.25) is 0 Å². The Bertz CT molecular complexity index is 429. The van der Waals surface area contributed by atoms with Gasteiger partial charge in [0.15, 0.2) is 0 Å². The van der Waals surface area contributed by atoms with Crippen molar-refractivity contribution in [3.63, 3.8) is 0 Å². The average molecular weight is 257 g/mol. The molecule has 0 bridgehead atoms. The molecule has 0 unspecified atom stereocenters. The Balaban J connectivity index is 1.81. The average Bonchev–Trinajstić information content (AvgIpc) is 2.89. The molecule has 98 valence electrons. The smallest absolute Gasteiger partial charge is 0.352 e. The molecule has 3 nitrogen and oxygen atoms in total. The largest absolute Gasteiger partial charge is 0.417 e. The maximum atomic E-state index is 12.4. The monoisotopic (exact) mass is 257 g/mol. The standard InChI is InChI=1S/C12H14F3N3/c13-12(14,15)9-1-2-11(17-6-9)18-4-3-8-5-16-7-10(8)18/h1-2,6,8,10,16H,3-5,7H2/t8-,10+/m1/s1. The molecular formula is C12H14F3N3. The summed E-state index contributed by atoms with van der Waals surface area (Å²) < 4.78 is 37.3. The summed E-state index contributed by atoms with van der Waals surface area (Å²) in [5, 5.41) is 3.31. The van der Waals surface area contributed by atoms with Gasteiger partial charge >= 0.3 is 6.18 Å². The lowest BCUT2D eigenvalue weighted by molar-refractivity contribution is -0.137. The predicted octanol–water partition coefficient (Wildman–Crippen LogP) is 1.90. The Labute approximate surface area is 103 Å². The third-order valence-electron chi connectivity index (χ3n) is 3.81. The fraction of sp³-hybridized carbons (Fsp3) is 0.583. The lowest BCUT2D eigenvalue weighted by Gasteiger charge is -2.24. The molecule has 0 aromatic carbocycles. The molecular weight excluding hydrogens is 243 g/mol. The number of rotatable bonds is 1. The highest BCUT2D eigenvalue weighted by Crippen LogP contribution is 2.33. The molecule has 18 heavy (non-hydrogen) atoms. The van der Waals surface area contributed by atoms with Gasteiger partial charge in [0.05, 0.1) is 5.56 Å². The minimum Gasteiger partial charge on any atom is -0.352 e. The van der Waals surface area contributed by atoms with Crippen LogP contribution in [0.3, 0.4) is 0 Å². The van der Waals surface area contributed by atoms with Crippen LogP contribution in [0, 0.1) is 5.92 Å². The Hall–Kier alpha value is -1.30. The number of halogens is 3. The van der Waals surface area contributed by atoms with E-state index in [0.29, 0.717) is 17.8 Å². The van der Waals surface area contributed by atoms with Crippen molar-refractivity contribution in [3.8, 4) is 0 Å². The number of hydrogen-bond acceptors (Lipinski definition) is 3. The number of aromatic nitrogens is 1. The lowest BCUT2D eigenvalue weighted by atomic mass is 10.1. The van der Waals surface area contributed by atoms with Crippen LogP contribution in [0.5, 0.6) is 0 Å². The second-order valence-electron chi connectivity index (χ2n) is 4.87. The molecule has 3 rings (SSSR count). The first kappa shape index (κ1) is 11.8. The first-order valence-corrected chi connectivity index (χ1v) is 6.06. The van der Waals surface area contributed by atoms with E-state index in [-0.39, 0.29) is 0 Å². The van der Waals surface area contributed by atoms with E-state index in [0.717, 1.165) is 38.3 Å². The van der Waals surface area contributed by atoms with Crippen LogP contribution in [0.1, 0.15) is 12.0 Å². The Kier molecular flexibility index (Phi) is 2.69. The van der Waals surface area contributed by atoms with E-state index in [1.807, 2.05) is 0 Å². The Morgan fingerprint density at radius 2 is 2.11 bits per heavy atom. The number of hydrogen-bond donors (Lipinski definition) is 1. The quantitative estimate of drug-likeness (QED) is 0.833. The molecule has 2 atom stereocenters.